The molecule has 0 aromatic heterocycles. The maximum Gasteiger partial charge on any atom is 0.251 e. The van der Waals surface area contributed by atoms with Crippen LogP contribution >= 0.6 is 0 Å². The van der Waals surface area contributed by atoms with Crippen molar-refractivity contribution in [2.45, 2.75) is 62.5 Å². The van der Waals surface area contributed by atoms with E-state index >= 15 is 0 Å². The molecule has 0 rings (SSSR count). The van der Waals surface area contributed by atoms with Gasteiger partial charge in [-0.1, -0.05) is 0 Å². The van der Waals surface area contributed by atoms with Crippen molar-refractivity contribution in [3.05, 3.63) is 0 Å². The molecule has 0 saturated heterocycles. The maximum absolute atomic E-state index is 12.0. The first kappa shape index (κ1) is 28.0. The minimum atomic E-state index is -2.35. The van der Waals surface area contributed by atoms with E-state index in [9.17, 15) is 35.4 Å². The quantitative estimate of drug-likeness (QED) is 0.0818. The van der Waals surface area contributed by atoms with Gasteiger partial charge in [0, 0.05) is 6.54 Å². The van der Waals surface area contributed by atoms with Crippen molar-refractivity contribution in [3.8, 4) is 0 Å². The molecule has 0 aliphatic carbocycles. The molecule has 0 aliphatic heterocycles. The Labute approximate surface area is 168 Å². The monoisotopic (exact) mass is 430 g/mol. The fraction of sp³-hybridized carbons (Fsp3) is 0.938. The third kappa shape index (κ3) is 10.1. The topological polar surface area (TPSA) is 221 Å². The number of aliphatic hydroxyl groups excluding tert-OH is 7. The van der Waals surface area contributed by atoms with Crippen molar-refractivity contribution in [2.24, 2.45) is 0 Å². The van der Waals surface area contributed by atoms with Crippen molar-refractivity contribution >= 4 is 5.91 Å². The molecule has 0 bridgehead atoms. The smallest absolute Gasteiger partial charge is 0.251 e. The molecule has 13 nitrogen and oxygen atoms in total. The summed E-state index contributed by atoms with van der Waals surface area (Å²) in [4.78, 5) is 12.0. The van der Waals surface area contributed by atoms with Crippen LogP contribution in [0.4, 0.5) is 0 Å². The van der Waals surface area contributed by atoms with Crippen LogP contribution in [0.5, 0.6) is 0 Å². The van der Waals surface area contributed by atoms with E-state index in [-0.39, 0.29) is 6.54 Å². The second kappa shape index (κ2) is 14.9. The molecule has 10 N–H and O–H groups in total. The Hall–Kier alpha value is -0.970. The van der Waals surface area contributed by atoms with E-state index in [1.807, 2.05) is 0 Å². The van der Waals surface area contributed by atoms with Gasteiger partial charge in [0.2, 0.25) is 12.6 Å². The summed E-state index contributed by atoms with van der Waals surface area (Å²) in [6, 6.07) is 0. The van der Waals surface area contributed by atoms with Gasteiger partial charge < -0.3 is 61.0 Å². The molecule has 0 spiro atoms. The summed E-state index contributed by atoms with van der Waals surface area (Å²) >= 11 is 0. The number of rotatable bonds is 16. The van der Waals surface area contributed by atoms with Crippen molar-refractivity contribution in [1.82, 2.24) is 10.6 Å². The van der Waals surface area contributed by atoms with Crippen molar-refractivity contribution in [1.29, 1.82) is 0 Å². The minimum absolute atomic E-state index is 0.186. The summed E-state index contributed by atoms with van der Waals surface area (Å²) in [6.07, 6.45) is -14.3. The van der Waals surface area contributed by atoms with Crippen LogP contribution in [0, 0.1) is 0 Å². The number of hydrogen-bond donors (Lipinski definition) is 10. The fourth-order valence-electron chi connectivity index (χ4n) is 2.23. The van der Waals surface area contributed by atoms with Gasteiger partial charge in [0.05, 0.1) is 19.3 Å². The van der Waals surface area contributed by atoms with Gasteiger partial charge in [-0.15, -0.1) is 0 Å². The number of nitrogens with one attached hydrogen (secondary N) is 2. The Bertz CT molecular complexity index is 441. The molecule has 0 aliphatic rings. The van der Waals surface area contributed by atoms with Crippen LogP contribution < -0.4 is 10.6 Å². The number of ether oxygens (including phenoxy) is 2. The van der Waals surface area contributed by atoms with E-state index in [4.69, 9.17) is 19.7 Å². The molecular formula is C16H34N2O11. The Morgan fingerprint density at radius 2 is 1.59 bits per heavy atom. The molecule has 174 valence electrons. The van der Waals surface area contributed by atoms with E-state index in [1.165, 1.54) is 6.92 Å². The molecule has 1 amide bonds. The van der Waals surface area contributed by atoms with Crippen molar-refractivity contribution in [2.75, 3.05) is 33.4 Å². The van der Waals surface area contributed by atoms with E-state index in [0.29, 0.717) is 13.0 Å². The minimum Gasteiger partial charge on any atom is -0.394 e. The van der Waals surface area contributed by atoms with E-state index < -0.39 is 68.3 Å². The van der Waals surface area contributed by atoms with Crippen molar-refractivity contribution < 1.29 is 55.1 Å². The summed E-state index contributed by atoms with van der Waals surface area (Å²) in [7, 11) is 1.71. The molecule has 13 heteroatoms. The van der Waals surface area contributed by atoms with Crippen LogP contribution in [0.15, 0.2) is 0 Å². The first-order valence-corrected chi connectivity index (χ1v) is 9.13. The van der Waals surface area contributed by atoms with Crippen LogP contribution in [0.25, 0.3) is 0 Å². The van der Waals surface area contributed by atoms with Crippen LogP contribution in [-0.4, -0.2) is 129 Å². The largest absolute Gasteiger partial charge is 0.394 e. The lowest BCUT2D eigenvalue weighted by Gasteiger charge is -2.34. The summed E-state index contributed by atoms with van der Waals surface area (Å²) in [5.74, 6) is -0.980. The molecule has 0 saturated carbocycles. The van der Waals surface area contributed by atoms with Crippen LogP contribution in [0.3, 0.4) is 0 Å². The van der Waals surface area contributed by atoms with Crippen LogP contribution in [-0.2, 0) is 14.3 Å². The predicted octanol–water partition coefficient (Wildman–Crippen LogP) is -5.43. The second-order valence-corrected chi connectivity index (χ2v) is 6.41. The van der Waals surface area contributed by atoms with Gasteiger partial charge in [-0.25, -0.2) is 0 Å². The highest BCUT2D eigenvalue weighted by Crippen LogP contribution is 2.17. The number of amides is 1. The Balaban J connectivity index is 5.21. The zero-order valence-electron chi connectivity index (χ0n) is 16.5. The zero-order valence-corrected chi connectivity index (χ0v) is 16.5. The lowest BCUT2D eigenvalue weighted by Crippen LogP contribution is -2.55. The molecule has 0 fully saturated rings. The number of hydrogen-bond acceptors (Lipinski definition) is 12. The fourth-order valence-corrected chi connectivity index (χ4v) is 2.23. The van der Waals surface area contributed by atoms with Gasteiger partial charge in [-0.3, -0.25) is 4.79 Å². The van der Waals surface area contributed by atoms with E-state index in [0.717, 1.165) is 0 Å². The second-order valence-electron chi connectivity index (χ2n) is 6.41. The molecule has 7 unspecified atom stereocenters. The van der Waals surface area contributed by atoms with Crippen molar-refractivity contribution in [3.63, 3.8) is 0 Å². The molecule has 0 heterocycles. The van der Waals surface area contributed by atoms with Gasteiger partial charge in [0.25, 0.3) is 5.91 Å². The number of aliphatic hydroxyl groups is 8. The highest BCUT2D eigenvalue weighted by molar-refractivity contribution is 5.81. The zero-order chi connectivity index (χ0) is 22.6. The lowest BCUT2D eigenvalue weighted by atomic mass is 10.0. The van der Waals surface area contributed by atoms with Gasteiger partial charge in [-0.05, 0) is 26.9 Å². The molecular weight excluding hydrogens is 396 g/mol. The first-order chi connectivity index (χ1) is 13.6. The van der Waals surface area contributed by atoms with Crippen LogP contribution in [0.1, 0.15) is 13.3 Å². The SMILES string of the molecule is CNCCCNC(=O)C(O)C(O)C(OC(OC(CO)C(C)O)C(O)O)C(O)CO. The highest BCUT2D eigenvalue weighted by atomic mass is 16.7. The highest BCUT2D eigenvalue weighted by Gasteiger charge is 2.40. The molecule has 0 aromatic carbocycles. The molecule has 0 aromatic rings. The lowest BCUT2D eigenvalue weighted by molar-refractivity contribution is -0.313. The Morgan fingerprint density at radius 1 is 0.966 bits per heavy atom. The number of carbonyl (C=O) groups is 1. The number of carbonyl (C=O) groups excluding carboxylic acids is 1. The standard InChI is InChI=1S/C16H34N2O11/c1-8(21)10(7-20)28-16(15(26)27)29-13(9(22)6-19)11(23)12(24)14(25)18-5-3-4-17-2/h8-13,15-17,19-24,26-27H,3-7H2,1-2H3,(H,18,25). The van der Waals surface area contributed by atoms with Gasteiger partial charge in [0.15, 0.2) is 6.10 Å². The third-order valence-corrected chi connectivity index (χ3v) is 3.96. The predicted molar refractivity (Wildman–Crippen MR) is 97.2 cm³/mol. The van der Waals surface area contributed by atoms with E-state index in [1.54, 1.807) is 7.05 Å². The average molecular weight is 430 g/mol. The molecule has 0 radical (unpaired) electrons. The maximum atomic E-state index is 12.0. The van der Waals surface area contributed by atoms with Crippen LogP contribution in [0.2, 0.25) is 0 Å². The normalized spacial score (nSPS) is 19.3. The first-order valence-electron chi connectivity index (χ1n) is 9.13. The van der Waals surface area contributed by atoms with Gasteiger partial charge in [0.1, 0.15) is 24.4 Å². The molecule has 7 atom stereocenters. The Kier molecular flexibility index (Phi) is 14.4. The Morgan fingerprint density at radius 3 is 2.03 bits per heavy atom. The van der Waals surface area contributed by atoms with E-state index in [2.05, 4.69) is 10.6 Å². The van der Waals surface area contributed by atoms with Gasteiger partial charge in [-0.2, -0.15) is 0 Å². The molecule has 29 heavy (non-hydrogen) atoms. The average Bonchev–Trinajstić information content (AvgIpc) is 2.69. The third-order valence-electron chi connectivity index (χ3n) is 3.96. The summed E-state index contributed by atoms with van der Waals surface area (Å²) in [5, 5.41) is 82.0. The summed E-state index contributed by atoms with van der Waals surface area (Å²) in [6.45, 7) is 0.338. The summed E-state index contributed by atoms with van der Waals surface area (Å²) in [5.41, 5.74) is 0. The van der Waals surface area contributed by atoms with Gasteiger partial charge >= 0.3 is 0 Å². The summed E-state index contributed by atoms with van der Waals surface area (Å²) < 4.78 is 10.1.